The van der Waals surface area contributed by atoms with Crippen LogP contribution >= 0.6 is 11.3 Å². The lowest BCUT2D eigenvalue weighted by Gasteiger charge is -2.30. The number of hydrogen-bond acceptors (Lipinski definition) is 7. The number of nitrogens with zero attached hydrogens (tertiary/aromatic N) is 3. The zero-order chi connectivity index (χ0) is 23.4. The van der Waals surface area contributed by atoms with Crippen molar-refractivity contribution in [1.82, 2.24) is 14.7 Å². The van der Waals surface area contributed by atoms with Gasteiger partial charge in [-0.05, 0) is 31.0 Å². The summed E-state index contributed by atoms with van der Waals surface area (Å²) in [5, 5.41) is 15.0. The summed E-state index contributed by atoms with van der Waals surface area (Å²) in [4.78, 5) is 32.7. The van der Waals surface area contributed by atoms with Crippen molar-refractivity contribution in [2.24, 2.45) is 0 Å². The van der Waals surface area contributed by atoms with Crippen LogP contribution < -0.4 is 15.0 Å². The fourth-order valence-electron chi connectivity index (χ4n) is 4.05. The molecule has 6 rings (SSSR count). The fourth-order valence-corrected chi connectivity index (χ4v) is 5.01. The van der Waals surface area contributed by atoms with Gasteiger partial charge in [-0.2, -0.15) is 0 Å². The van der Waals surface area contributed by atoms with Crippen LogP contribution in [0.25, 0.3) is 4.96 Å². The molecule has 0 spiro atoms. The minimum atomic E-state index is -1.12. The van der Waals surface area contributed by atoms with Gasteiger partial charge in [0.25, 0.3) is 11.8 Å². The first-order chi connectivity index (χ1) is 16.4. The van der Waals surface area contributed by atoms with Gasteiger partial charge in [-0.3, -0.25) is 14.0 Å². The molecule has 1 aromatic carbocycles. The van der Waals surface area contributed by atoms with Crippen molar-refractivity contribution in [2.45, 2.75) is 30.4 Å². The Morgan fingerprint density at radius 3 is 2.91 bits per heavy atom. The number of amides is 2. The SMILES string of the molecule is CN1C(=O)[C@@H](NC(=O)c2cn3c(C4CC4)csc3n2)COc2ccc(C#CC3(O)COC3)cc21. The van der Waals surface area contributed by atoms with Crippen LogP contribution in [0.4, 0.5) is 5.69 Å². The number of thiazole rings is 1. The van der Waals surface area contributed by atoms with Crippen molar-refractivity contribution in [3.05, 3.63) is 46.7 Å². The summed E-state index contributed by atoms with van der Waals surface area (Å²) in [5.41, 5.74) is 1.52. The van der Waals surface area contributed by atoms with Crippen molar-refractivity contribution >= 4 is 33.8 Å². The maximum Gasteiger partial charge on any atom is 0.272 e. The maximum absolute atomic E-state index is 13.1. The molecule has 2 fully saturated rings. The van der Waals surface area contributed by atoms with Crippen molar-refractivity contribution in [3.8, 4) is 17.6 Å². The van der Waals surface area contributed by atoms with Crippen LogP contribution in [0, 0.1) is 11.8 Å². The van der Waals surface area contributed by atoms with Gasteiger partial charge in [-0.1, -0.05) is 11.8 Å². The smallest absolute Gasteiger partial charge is 0.272 e. The van der Waals surface area contributed by atoms with E-state index in [1.165, 1.54) is 21.9 Å². The average molecular weight is 479 g/mol. The highest BCUT2D eigenvalue weighted by molar-refractivity contribution is 7.15. The van der Waals surface area contributed by atoms with E-state index in [1.807, 2.05) is 4.40 Å². The molecule has 0 unspecified atom stereocenters. The second kappa shape index (κ2) is 7.84. The largest absolute Gasteiger partial charge is 0.489 e. The number of imidazole rings is 1. The molecular weight excluding hydrogens is 456 g/mol. The quantitative estimate of drug-likeness (QED) is 0.554. The third-order valence-electron chi connectivity index (χ3n) is 6.25. The van der Waals surface area contributed by atoms with Crippen LogP contribution in [-0.2, 0) is 9.53 Å². The highest BCUT2D eigenvalue weighted by Crippen LogP contribution is 2.41. The molecule has 3 aliphatic rings. The third-order valence-corrected chi connectivity index (χ3v) is 7.10. The minimum Gasteiger partial charge on any atom is -0.489 e. The van der Waals surface area contributed by atoms with Gasteiger partial charge < -0.3 is 24.8 Å². The van der Waals surface area contributed by atoms with E-state index in [9.17, 15) is 14.7 Å². The van der Waals surface area contributed by atoms with Gasteiger partial charge >= 0.3 is 0 Å². The molecule has 1 saturated carbocycles. The molecule has 9 nitrogen and oxygen atoms in total. The van der Waals surface area contributed by atoms with Gasteiger partial charge in [0, 0.05) is 35.8 Å². The van der Waals surface area contributed by atoms with Gasteiger partial charge in [-0.25, -0.2) is 4.98 Å². The van der Waals surface area contributed by atoms with Crippen molar-refractivity contribution in [3.63, 3.8) is 0 Å². The Bertz CT molecular complexity index is 1370. The molecule has 34 heavy (non-hydrogen) atoms. The maximum atomic E-state index is 13.1. The van der Waals surface area contributed by atoms with Crippen LogP contribution in [-0.4, -0.2) is 64.8 Å². The first kappa shape index (κ1) is 21.2. The van der Waals surface area contributed by atoms with Gasteiger partial charge in [0.15, 0.2) is 10.6 Å². The highest BCUT2D eigenvalue weighted by atomic mass is 32.1. The average Bonchev–Trinajstić information content (AvgIpc) is 3.46. The summed E-state index contributed by atoms with van der Waals surface area (Å²) in [6.07, 6.45) is 4.06. The molecule has 2 N–H and O–H groups in total. The van der Waals surface area contributed by atoms with Gasteiger partial charge in [0.05, 0.1) is 18.9 Å². The highest BCUT2D eigenvalue weighted by Gasteiger charge is 2.34. The lowest BCUT2D eigenvalue weighted by Crippen LogP contribution is -2.49. The zero-order valence-corrected chi connectivity index (χ0v) is 19.2. The lowest BCUT2D eigenvalue weighted by molar-refractivity contribution is -0.140. The van der Waals surface area contributed by atoms with Crippen molar-refractivity contribution < 1.29 is 24.2 Å². The van der Waals surface area contributed by atoms with Crippen LogP contribution in [0.15, 0.2) is 29.8 Å². The van der Waals surface area contributed by atoms with Crippen molar-refractivity contribution in [1.29, 1.82) is 0 Å². The van der Waals surface area contributed by atoms with Crippen LogP contribution in [0.3, 0.4) is 0 Å². The van der Waals surface area contributed by atoms with E-state index < -0.39 is 17.6 Å². The fraction of sp³-hybridized carbons (Fsp3) is 0.375. The number of benzene rings is 1. The number of rotatable bonds is 3. The number of anilines is 1. The Morgan fingerprint density at radius 2 is 2.18 bits per heavy atom. The Hall–Kier alpha value is -3.39. The van der Waals surface area contributed by atoms with E-state index in [0.29, 0.717) is 22.9 Å². The molecule has 1 aliphatic carbocycles. The molecule has 1 atom stereocenters. The molecule has 0 bridgehead atoms. The molecule has 1 saturated heterocycles. The van der Waals surface area contributed by atoms with E-state index in [-0.39, 0.29) is 31.4 Å². The molecule has 4 heterocycles. The van der Waals surface area contributed by atoms with E-state index in [0.717, 1.165) is 17.8 Å². The Kier molecular flexibility index (Phi) is 4.88. The first-order valence-corrected chi connectivity index (χ1v) is 11.9. The second-order valence-electron chi connectivity index (χ2n) is 8.90. The Labute approximate surface area is 199 Å². The van der Waals surface area contributed by atoms with Crippen LogP contribution in [0.1, 0.15) is 40.5 Å². The number of carbonyl (C=O) groups is 2. The van der Waals surface area contributed by atoms with E-state index in [1.54, 1.807) is 31.4 Å². The topological polar surface area (TPSA) is 105 Å². The molecule has 2 amide bonds. The summed E-state index contributed by atoms with van der Waals surface area (Å²) < 4.78 is 12.8. The minimum absolute atomic E-state index is 0.000426. The number of aliphatic hydroxyl groups is 1. The Balaban J connectivity index is 1.19. The van der Waals surface area contributed by atoms with Gasteiger partial charge in [0.1, 0.15) is 24.1 Å². The summed E-state index contributed by atoms with van der Waals surface area (Å²) in [7, 11) is 1.63. The number of fused-ring (bicyclic) bond motifs is 2. The van der Waals surface area contributed by atoms with Gasteiger partial charge in [0.2, 0.25) is 0 Å². The Morgan fingerprint density at radius 1 is 1.35 bits per heavy atom. The number of hydrogen-bond donors (Lipinski definition) is 2. The van der Waals surface area contributed by atoms with E-state index >= 15 is 0 Å². The monoisotopic (exact) mass is 478 g/mol. The zero-order valence-electron chi connectivity index (χ0n) is 18.4. The molecule has 0 radical (unpaired) electrons. The predicted molar refractivity (Wildman–Crippen MR) is 124 cm³/mol. The normalized spacial score (nSPS) is 21.1. The summed E-state index contributed by atoms with van der Waals surface area (Å²) in [5.74, 6) is 6.08. The lowest BCUT2D eigenvalue weighted by atomic mass is 10.0. The van der Waals surface area contributed by atoms with E-state index in [4.69, 9.17) is 9.47 Å². The molecule has 2 aliphatic heterocycles. The molecule has 3 aromatic rings. The van der Waals surface area contributed by atoms with Crippen molar-refractivity contribution in [2.75, 3.05) is 31.8 Å². The van der Waals surface area contributed by atoms with Crippen LogP contribution in [0.2, 0.25) is 0 Å². The number of likely N-dealkylation sites (N-methyl/N-ethyl adjacent to an activating group) is 1. The summed E-state index contributed by atoms with van der Waals surface area (Å²) in [6, 6.07) is 4.37. The number of ether oxygens (including phenoxy) is 2. The van der Waals surface area contributed by atoms with Crippen LogP contribution in [0.5, 0.6) is 5.75 Å². The third kappa shape index (κ3) is 3.72. The molecular formula is C24H22N4O5S. The predicted octanol–water partition coefficient (Wildman–Crippen LogP) is 1.54. The second-order valence-corrected chi connectivity index (χ2v) is 9.74. The number of nitrogens with one attached hydrogen (secondary N) is 1. The molecule has 10 heteroatoms. The summed E-state index contributed by atoms with van der Waals surface area (Å²) in [6.45, 7) is 0.369. The number of aromatic nitrogens is 2. The summed E-state index contributed by atoms with van der Waals surface area (Å²) >= 11 is 1.51. The van der Waals surface area contributed by atoms with Gasteiger partial charge in [-0.15, -0.1) is 11.3 Å². The number of carbonyl (C=O) groups excluding carboxylic acids is 2. The molecule has 174 valence electrons. The van der Waals surface area contributed by atoms with E-state index in [2.05, 4.69) is 27.5 Å². The molecule has 2 aromatic heterocycles. The first-order valence-electron chi connectivity index (χ1n) is 11.1. The standard InChI is InChI=1S/C24H22N4O5S/c1-27-18-8-14(6-7-24(31)12-32-13-24)2-5-20(18)33-10-17(22(27)30)25-21(29)16-9-28-19(15-3-4-15)11-34-23(28)26-16/h2,5,8-9,11,15,17,31H,3-4,10,12-13H2,1H3,(H,25,29)/t17-/m0/s1.